The Morgan fingerprint density at radius 3 is 2.50 bits per heavy atom. The molecule has 6 atom stereocenters. The lowest BCUT2D eigenvalue weighted by atomic mass is 9.73. The fraction of sp³-hybridized carbons (Fsp3) is 0.552. The first-order valence-electron chi connectivity index (χ1n) is 12.7. The van der Waals surface area contributed by atoms with Crippen LogP contribution in [0.15, 0.2) is 54.6 Å². The van der Waals surface area contributed by atoms with E-state index >= 15 is 0 Å². The Bertz CT molecular complexity index is 941. The Morgan fingerprint density at radius 1 is 1.09 bits per heavy atom. The zero-order valence-corrected chi connectivity index (χ0v) is 20.4. The fourth-order valence-corrected chi connectivity index (χ4v) is 5.90. The van der Waals surface area contributed by atoms with E-state index in [1.54, 1.807) is 6.92 Å². The van der Waals surface area contributed by atoms with Crippen molar-refractivity contribution < 1.29 is 24.5 Å². The van der Waals surface area contributed by atoms with Crippen molar-refractivity contribution in [2.24, 2.45) is 11.8 Å². The Hall–Kier alpha value is -2.37. The molecule has 2 aliphatic heterocycles. The molecule has 5 heteroatoms. The van der Waals surface area contributed by atoms with Crippen LogP contribution < -0.4 is 4.74 Å². The van der Waals surface area contributed by atoms with Crippen LogP contribution in [-0.4, -0.2) is 34.5 Å². The molecule has 2 N–H and O–H groups in total. The molecule has 0 aromatic heterocycles. The van der Waals surface area contributed by atoms with Gasteiger partial charge in [-0.3, -0.25) is 4.79 Å². The molecule has 2 aromatic rings. The summed E-state index contributed by atoms with van der Waals surface area (Å²) >= 11 is 0. The molecule has 4 rings (SSSR count). The number of aliphatic hydroxyl groups is 1. The molecule has 2 aromatic carbocycles. The summed E-state index contributed by atoms with van der Waals surface area (Å²) in [6, 6.07) is 18.0. The zero-order chi connectivity index (χ0) is 24.1. The summed E-state index contributed by atoms with van der Waals surface area (Å²) in [4.78, 5) is 10.9. The first kappa shape index (κ1) is 24.7. The molecule has 5 nitrogen and oxygen atoms in total. The van der Waals surface area contributed by atoms with Crippen molar-refractivity contribution in [1.29, 1.82) is 0 Å². The fourth-order valence-electron chi connectivity index (χ4n) is 5.90. The minimum Gasteiger partial charge on any atom is -0.490 e. The smallest absolute Gasteiger partial charge is 0.307 e. The van der Waals surface area contributed by atoms with Gasteiger partial charge in [0.25, 0.3) is 0 Å². The third kappa shape index (κ3) is 6.19. The lowest BCUT2D eigenvalue weighted by Crippen LogP contribution is -2.30. The van der Waals surface area contributed by atoms with Crippen LogP contribution >= 0.6 is 0 Å². The van der Waals surface area contributed by atoms with Crippen LogP contribution in [0, 0.1) is 11.8 Å². The third-order valence-corrected chi connectivity index (χ3v) is 7.65. The molecule has 2 unspecified atom stereocenters. The first-order chi connectivity index (χ1) is 16.3. The number of hydrogen-bond donors (Lipinski definition) is 2. The van der Waals surface area contributed by atoms with Crippen molar-refractivity contribution in [3.8, 4) is 5.75 Å². The molecule has 2 heterocycles. The largest absolute Gasteiger partial charge is 0.490 e. The molecule has 34 heavy (non-hydrogen) atoms. The summed E-state index contributed by atoms with van der Waals surface area (Å²) in [5.74, 6) is 0.952. The Morgan fingerprint density at radius 2 is 1.79 bits per heavy atom. The predicted molar refractivity (Wildman–Crippen MR) is 132 cm³/mol. The van der Waals surface area contributed by atoms with E-state index in [9.17, 15) is 9.90 Å². The maximum Gasteiger partial charge on any atom is 0.307 e. The number of aryl methyl sites for hydroxylation is 1. The number of fused-ring (bicyclic) bond motifs is 2. The van der Waals surface area contributed by atoms with Crippen LogP contribution in [0.2, 0.25) is 0 Å². The molecule has 184 valence electrons. The molecular weight excluding hydrogens is 428 g/mol. The van der Waals surface area contributed by atoms with Crippen LogP contribution in [0.25, 0.3) is 0 Å². The van der Waals surface area contributed by atoms with E-state index < -0.39 is 11.6 Å². The van der Waals surface area contributed by atoms with Crippen molar-refractivity contribution in [2.45, 2.75) is 89.1 Å². The molecular formula is C29H38O5. The van der Waals surface area contributed by atoms with Crippen LogP contribution in [0.3, 0.4) is 0 Å². The number of aliphatic carboxylic acids is 1. The third-order valence-electron chi connectivity index (χ3n) is 7.65. The topological polar surface area (TPSA) is 76.0 Å². The second-order valence-corrected chi connectivity index (χ2v) is 10.4. The van der Waals surface area contributed by atoms with Crippen LogP contribution in [0.5, 0.6) is 5.75 Å². The number of hydrogen-bond acceptors (Lipinski definition) is 4. The van der Waals surface area contributed by atoms with E-state index in [-0.39, 0.29) is 12.5 Å². The molecule has 0 aliphatic carbocycles. The Balaban J connectivity index is 1.30. The molecule has 0 amide bonds. The van der Waals surface area contributed by atoms with Gasteiger partial charge in [-0.15, -0.1) is 0 Å². The first-order valence-corrected chi connectivity index (χ1v) is 12.7. The molecule has 0 spiro atoms. The molecule has 2 aliphatic rings. The van der Waals surface area contributed by atoms with Gasteiger partial charge in [-0.1, -0.05) is 42.5 Å². The van der Waals surface area contributed by atoms with Gasteiger partial charge in [-0.25, -0.2) is 0 Å². The number of rotatable bonds is 12. The van der Waals surface area contributed by atoms with Gasteiger partial charge in [0.05, 0.1) is 24.2 Å². The highest BCUT2D eigenvalue weighted by Crippen LogP contribution is 2.48. The second kappa shape index (κ2) is 10.9. The molecule has 2 fully saturated rings. The van der Waals surface area contributed by atoms with Gasteiger partial charge in [0, 0.05) is 0 Å². The summed E-state index contributed by atoms with van der Waals surface area (Å²) in [6.07, 6.45) is 7.55. The summed E-state index contributed by atoms with van der Waals surface area (Å²) in [6.45, 7) is 3.71. The van der Waals surface area contributed by atoms with Gasteiger partial charge in [-0.2, -0.15) is 0 Å². The van der Waals surface area contributed by atoms with Crippen molar-refractivity contribution in [2.75, 3.05) is 0 Å². The van der Waals surface area contributed by atoms with Gasteiger partial charge in [0.2, 0.25) is 0 Å². The minimum atomic E-state index is -0.850. The number of carboxylic acids is 1. The number of carbonyl (C=O) groups is 1. The van der Waals surface area contributed by atoms with Crippen molar-refractivity contribution >= 4 is 5.97 Å². The van der Waals surface area contributed by atoms with E-state index in [0.29, 0.717) is 24.0 Å². The number of carboxylic acid groups (broad SMARTS) is 1. The van der Waals surface area contributed by atoms with E-state index in [4.69, 9.17) is 14.6 Å². The number of benzene rings is 2. The highest BCUT2D eigenvalue weighted by Gasteiger charge is 2.48. The van der Waals surface area contributed by atoms with Crippen LogP contribution in [0.4, 0.5) is 0 Å². The molecule has 0 radical (unpaired) electrons. The monoisotopic (exact) mass is 466 g/mol. The van der Waals surface area contributed by atoms with E-state index in [1.807, 2.05) is 55.5 Å². The highest BCUT2D eigenvalue weighted by atomic mass is 16.5. The minimum absolute atomic E-state index is 0.00694. The summed E-state index contributed by atoms with van der Waals surface area (Å²) in [5, 5.41) is 20.0. The molecule has 2 saturated heterocycles. The van der Waals surface area contributed by atoms with E-state index in [1.165, 1.54) is 5.56 Å². The van der Waals surface area contributed by atoms with Gasteiger partial charge >= 0.3 is 5.97 Å². The average Bonchev–Trinajstić information content (AvgIpc) is 3.40. The van der Waals surface area contributed by atoms with Crippen molar-refractivity contribution in [3.05, 3.63) is 65.7 Å². The van der Waals surface area contributed by atoms with Gasteiger partial charge in [-0.05, 0) is 93.9 Å². The summed E-state index contributed by atoms with van der Waals surface area (Å²) in [7, 11) is 0. The second-order valence-electron chi connectivity index (χ2n) is 10.4. The standard InChI is InChI=1S/C29H38O5/c1-20(18-28(30)31)33-23-12-6-8-21(19-23)9-7-13-24-25(27-15-14-26(24)34-27)16-17-29(2,32)22-10-4-3-5-11-22/h3-6,8,10-12,19-20,24-27,32H,7,9,13-18H2,1-2H3,(H,30,31)/t20-,24+,25?,26+,27-,29?/m1/s1. The number of ether oxygens (including phenoxy) is 2. The highest BCUT2D eigenvalue weighted by molar-refractivity contribution is 5.67. The molecule has 0 saturated carbocycles. The van der Waals surface area contributed by atoms with Crippen LogP contribution in [-0.2, 0) is 21.6 Å². The van der Waals surface area contributed by atoms with Crippen molar-refractivity contribution in [1.82, 2.24) is 0 Å². The van der Waals surface area contributed by atoms with Crippen molar-refractivity contribution in [3.63, 3.8) is 0 Å². The zero-order valence-electron chi connectivity index (χ0n) is 20.4. The van der Waals surface area contributed by atoms with E-state index in [2.05, 4.69) is 6.07 Å². The van der Waals surface area contributed by atoms with E-state index in [0.717, 1.165) is 56.3 Å². The Kier molecular flexibility index (Phi) is 7.95. The van der Waals surface area contributed by atoms with Gasteiger partial charge in [0.15, 0.2) is 0 Å². The quantitative estimate of drug-likeness (QED) is 0.418. The van der Waals surface area contributed by atoms with Gasteiger partial charge < -0.3 is 19.7 Å². The summed E-state index contributed by atoms with van der Waals surface area (Å²) < 4.78 is 12.1. The average molecular weight is 467 g/mol. The van der Waals surface area contributed by atoms with Crippen LogP contribution in [0.1, 0.15) is 69.9 Å². The summed E-state index contributed by atoms with van der Waals surface area (Å²) in [5.41, 5.74) is 1.38. The van der Waals surface area contributed by atoms with Gasteiger partial charge in [0.1, 0.15) is 11.9 Å². The molecule has 2 bridgehead atoms. The Labute approximate surface area is 203 Å². The predicted octanol–water partition coefficient (Wildman–Crippen LogP) is 5.73. The SMILES string of the molecule is C[C@H](CC(=O)O)Oc1cccc(CCC[C@H]2C(CCC(C)(O)c3ccccc3)[C@H]3CC[C@@H]2O3)c1. The lowest BCUT2D eigenvalue weighted by molar-refractivity contribution is -0.138. The maximum absolute atomic E-state index is 11.1. The maximum atomic E-state index is 11.1. The normalized spacial score (nSPS) is 26.2. The lowest BCUT2D eigenvalue weighted by Gasteiger charge is -2.31.